The summed E-state index contributed by atoms with van der Waals surface area (Å²) in [5, 5.41) is 0. The van der Waals surface area contributed by atoms with Crippen LogP contribution in [0.25, 0.3) is 5.57 Å². The predicted molar refractivity (Wildman–Crippen MR) is 229 cm³/mol. The van der Waals surface area contributed by atoms with E-state index in [0.29, 0.717) is 58.0 Å². The Morgan fingerprint density at radius 2 is 1.16 bits per heavy atom. The van der Waals surface area contributed by atoms with Crippen LogP contribution in [0.5, 0.6) is 5.75 Å². The molecule has 0 spiro atoms. The van der Waals surface area contributed by atoms with E-state index in [2.05, 4.69) is 37.9 Å². The van der Waals surface area contributed by atoms with Gasteiger partial charge in [0.25, 0.3) is 20.2 Å². The second-order valence-corrected chi connectivity index (χ2v) is 17.4. The number of aliphatic imine (C=N–C) groups is 1. The van der Waals surface area contributed by atoms with Crippen molar-refractivity contribution >= 4 is 37.2 Å². The first-order chi connectivity index (χ1) is 26.9. The Labute approximate surface area is 336 Å². The van der Waals surface area contributed by atoms with Crippen molar-refractivity contribution in [1.29, 1.82) is 0 Å². The Morgan fingerprint density at radius 3 is 1.67 bits per heavy atom. The van der Waals surface area contributed by atoms with Gasteiger partial charge in [-0.1, -0.05) is 78.4 Å². The smallest absolute Gasteiger partial charge is 0.295 e. The molecule has 0 fully saturated rings. The Hall–Kier alpha value is -5.39. The number of hydrogen-bond donors (Lipinski definition) is 2. The molecule has 6 rings (SSSR count). The maximum atomic E-state index is 13.2. The molecule has 10 heteroatoms. The van der Waals surface area contributed by atoms with Crippen molar-refractivity contribution < 1.29 is 30.7 Å². The van der Waals surface area contributed by atoms with Crippen LogP contribution in [0.4, 0.5) is 5.69 Å². The highest BCUT2D eigenvalue weighted by atomic mass is 32.2. The topological polar surface area (TPSA) is 130 Å². The average Bonchev–Trinajstić information content (AvgIpc) is 3.13. The zero-order valence-corrected chi connectivity index (χ0v) is 34.8. The van der Waals surface area contributed by atoms with Gasteiger partial charge >= 0.3 is 0 Å². The van der Waals surface area contributed by atoms with Crippen LogP contribution in [0, 0.1) is 41.5 Å². The molecule has 0 atom stereocenters. The van der Waals surface area contributed by atoms with Crippen LogP contribution in [0.2, 0.25) is 0 Å². The Morgan fingerprint density at radius 1 is 0.632 bits per heavy atom. The van der Waals surface area contributed by atoms with Gasteiger partial charge < -0.3 is 4.74 Å². The molecule has 57 heavy (non-hydrogen) atoms. The second kappa shape index (κ2) is 16.6. The molecule has 5 aromatic carbocycles. The number of aryl methyl sites for hydroxylation is 5. The molecule has 0 heterocycles. The molecule has 0 radical (unpaired) electrons. The molecule has 0 saturated heterocycles. The van der Waals surface area contributed by atoms with E-state index in [1.165, 1.54) is 28.3 Å². The normalized spacial score (nSPS) is 14.8. The van der Waals surface area contributed by atoms with Crippen LogP contribution in [-0.4, -0.2) is 38.3 Å². The van der Waals surface area contributed by atoms with E-state index in [1.54, 1.807) is 56.3 Å². The van der Waals surface area contributed by atoms with Crippen LogP contribution < -0.4 is 4.74 Å². The van der Waals surface area contributed by atoms with Crippen molar-refractivity contribution in [2.45, 2.75) is 66.2 Å². The number of rotatable bonds is 11. The van der Waals surface area contributed by atoms with Crippen molar-refractivity contribution in [3.63, 3.8) is 0 Å². The molecule has 294 valence electrons. The second-order valence-electron chi connectivity index (χ2n) is 14.6. The number of benzene rings is 5. The third-order valence-electron chi connectivity index (χ3n) is 10.3. The highest BCUT2D eigenvalue weighted by molar-refractivity contribution is 7.90. The Kier molecular flexibility index (Phi) is 12.0. The van der Waals surface area contributed by atoms with Gasteiger partial charge in [0, 0.05) is 5.57 Å². The maximum absolute atomic E-state index is 13.2. The monoisotopic (exact) mass is 801 g/mol. The van der Waals surface area contributed by atoms with Gasteiger partial charge in [-0.2, -0.15) is 16.8 Å². The van der Waals surface area contributed by atoms with Crippen molar-refractivity contribution in [3.8, 4) is 5.75 Å². The van der Waals surface area contributed by atoms with Gasteiger partial charge in [0.2, 0.25) is 0 Å². The number of hydrogen-bond acceptors (Lipinski definition) is 6. The van der Waals surface area contributed by atoms with Crippen molar-refractivity contribution in [2.24, 2.45) is 4.99 Å². The fourth-order valence-electron chi connectivity index (χ4n) is 7.76. The summed E-state index contributed by atoms with van der Waals surface area (Å²) in [6.07, 6.45) is 5.91. The molecule has 8 nitrogen and oxygen atoms in total. The fourth-order valence-corrected chi connectivity index (χ4v) is 9.45. The fraction of sp³-hybridized carbons (Fsp3) is 0.213. The highest BCUT2D eigenvalue weighted by Crippen LogP contribution is 2.37. The van der Waals surface area contributed by atoms with Crippen LogP contribution >= 0.6 is 0 Å². The van der Waals surface area contributed by atoms with E-state index in [9.17, 15) is 25.9 Å². The number of nitrogens with zero attached hydrogens (tertiary/aromatic N) is 1. The summed E-state index contributed by atoms with van der Waals surface area (Å²) < 4.78 is 77.0. The molecular formula is C47H47NO7S2. The first-order valence-corrected chi connectivity index (χ1v) is 21.6. The lowest BCUT2D eigenvalue weighted by atomic mass is 9.88. The third kappa shape index (κ3) is 9.43. The molecule has 1 aliphatic carbocycles. The first-order valence-electron chi connectivity index (χ1n) is 18.7. The molecule has 0 amide bonds. The summed E-state index contributed by atoms with van der Waals surface area (Å²) in [5.41, 5.74) is 12.8. The van der Waals surface area contributed by atoms with Crippen LogP contribution in [0.15, 0.2) is 130 Å². The van der Waals surface area contributed by atoms with Gasteiger partial charge in [0.05, 0.1) is 22.9 Å². The van der Waals surface area contributed by atoms with Gasteiger partial charge in [0.15, 0.2) is 0 Å². The minimum absolute atomic E-state index is 0.0815. The van der Waals surface area contributed by atoms with Gasteiger partial charge in [-0.3, -0.25) is 9.11 Å². The zero-order valence-electron chi connectivity index (χ0n) is 33.2. The summed E-state index contributed by atoms with van der Waals surface area (Å²) in [5.74, 6) is 0.692. The van der Waals surface area contributed by atoms with Gasteiger partial charge in [-0.25, -0.2) is 4.99 Å². The predicted octanol–water partition coefficient (Wildman–Crippen LogP) is 10.3. The Bertz CT molecular complexity index is 2680. The van der Waals surface area contributed by atoms with E-state index in [4.69, 9.17) is 4.74 Å². The van der Waals surface area contributed by atoms with Gasteiger partial charge in [0.1, 0.15) is 10.7 Å². The van der Waals surface area contributed by atoms with E-state index >= 15 is 0 Å². The minimum Gasteiger partial charge on any atom is -0.494 e. The molecule has 0 aliphatic heterocycles. The lowest BCUT2D eigenvalue weighted by Crippen LogP contribution is -2.12. The summed E-state index contributed by atoms with van der Waals surface area (Å²) >= 11 is 0. The van der Waals surface area contributed by atoms with Crippen LogP contribution in [0.3, 0.4) is 0 Å². The summed E-state index contributed by atoms with van der Waals surface area (Å²) in [7, 11) is -9.16. The quantitative estimate of drug-likeness (QED) is 0.127. The lowest BCUT2D eigenvalue weighted by Gasteiger charge is -2.19. The van der Waals surface area contributed by atoms with Crippen molar-refractivity contribution in [1.82, 2.24) is 0 Å². The molecule has 1 aliphatic rings. The van der Waals surface area contributed by atoms with Crippen LogP contribution in [0.1, 0.15) is 73.7 Å². The molecule has 0 bridgehead atoms. The van der Waals surface area contributed by atoms with E-state index < -0.39 is 20.2 Å². The lowest BCUT2D eigenvalue weighted by molar-refractivity contribution is 0.340. The third-order valence-corrected chi connectivity index (χ3v) is 12.4. The van der Waals surface area contributed by atoms with Crippen molar-refractivity contribution in [2.75, 3.05) is 6.61 Å². The molecule has 0 saturated carbocycles. The minimum atomic E-state index is -4.73. The molecule has 0 unspecified atom stereocenters. The number of ether oxygens (including phenoxy) is 1. The SMILES string of the molecule is CCOc1ccc(N=C2C=CC(=C(c3ccc(Cc4c(C)cc(C)cc4C)cc3)c3ccc(Cc4c(C)cc(C)c(S(=O)(=O)O)c4C)cc3)C(S(=O)(=O)O)=C2)cc1. The number of allylic oxidation sites excluding steroid dienone is 4. The largest absolute Gasteiger partial charge is 0.494 e. The highest BCUT2D eigenvalue weighted by Gasteiger charge is 2.26. The Balaban J connectivity index is 1.45. The average molecular weight is 802 g/mol. The zero-order chi connectivity index (χ0) is 41.2. The van der Waals surface area contributed by atoms with E-state index in [1.807, 2.05) is 62.4 Å². The van der Waals surface area contributed by atoms with E-state index in [-0.39, 0.29) is 9.80 Å². The van der Waals surface area contributed by atoms with Gasteiger partial charge in [-0.05, 0) is 164 Å². The van der Waals surface area contributed by atoms with Crippen LogP contribution in [-0.2, 0) is 33.1 Å². The molecule has 0 aromatic heterocycles. The standard InChI is InChI=1S/C47H47NO7S2/c1-8-55-41-20-17-39(18-21-41)48-40-19-22-42(45(28-40)56(49,50)51)46(37-13-9-35(10-14-37)26-43-30(3)23-29(2)24-31(43)4)38-15-11-36(12-16-38)27-44-32(5)25-33(6)47(34(44)7)57(52,53)54/h9-25,28H,8,26-27H2,1-7H3,(H,49,50,51)(H,52,53,54). The van der Waals surface area contributed by atoms with Crippen molar-refractivity contribution in [3.05, 3.63) is 186 Å². The summed E-state index contributed by atoms with van der Waals surface area (Å²) in [6.45, 7) is 14.0. The maximum Gasteiger partial charge on any atom is 0.295 e. The molecule has 5 aromatic rings. The molecule has 2 N–H and O–H groups in total. The summed E-state index contributed by atoms with van der Waals surface area (Å²) in [6, 6.07) is 28.9. The molecular weight excluding hydrogens is 755 g/mol. The van der Waals surface area contributed by atoms with Gasteiger partial charge in [-0.15, -0.1) is 0 Å². The first kappa shape index (κ1) is 41.2. The van der Waals surface area contributed by atoms with E-state index in [0.717, 1.165) is 34.2 Å². The summed E-state index contributed by atoms with van der Waals surface area (Å²) in [4.78, 5) is 4.27.